The number of aliphatic hydroxyl groups is 1. The fourth-order valence-corrected chi connectivity index (χ4v) is 5.08. The van der Waals surface area contributed by atoms with E-state index in [0.29, 0.717) is 28.1 Å². The fourth-order valence-electron chi connectivity index (χ4n) is 4.76. The zero-order valence-electron chi connectivity index (χ0n) is 18.6. The van der Waals surface area contributed by atoms with Gasteiger partial charge in [-0.05, 0) is 63.0 Å². The van der Waals surface area contributed by atoms with Gasteiger partial charge in [0, 0.05) is 28.0 Å². The minimum absolute atomic E-state index is 0.111. The van der Waals surface area contributed by atoms with Crippen LogP contribution < -0.4 is 0 Å². The van der Waals surface area contributed by atoms with Crippen LogP contribution in [0, 0.1) is 0 Å². The summed E-state index contributed by atoms with van der Waals surface area (Å²) in [5, 5.41) is 25.0. The van der Waals surface area contributed by atoms with Crippen LogP contribution in [0.15, 0.2) is 59.6 Å². The second-order valence-corrected chi connectivity index (χ2v) is 9.27. The molecule has 0 radical (unpaired) electrons. The van der Waals surface area contributed by atoms with E-state index >= 15 is 0 Å². The molecule has 3 aromatic carbocycles. The Morgan fingerprint density at radius 1 is 1.03 bits per heavy atom. The monoisotopic (exact) mass is 503 g/mol. The van der Waals surface area contributed by atoms with Crippen molar-refractivity contribution in [3.63, 3.8) is 0 Å². The number of aliphatic hydroxyl groups excluding tert-OH is 1. The summed E-state index contributed by atoms with van der Waals surface area (Å²) in [5.74, 6) is 0.369. The fraction of sp³-hybridized carbons (Fsp3) is 0.160. The molecule has 35 heavy (non-hydrogen) atoms. The molecule has 0 bridgehead atoms. The Kier molecular flexibility index (Phi) is 5.36. The Bertz CT molecular complexity index is 1610. The molecule has 5 aromatic rings. The number of aromatic nitrogens is 5. The lowest BCUT2D eigenvalue weighted by Crippen LogP contribution is -2.22. The Morgan fingerprint density at radius 3 is 2.57 bits per heavy atom. The van der Waals surface area contributed by atoms with Crippen molar-refractivity contribution >= 4 is 46.2 Å². The number of hydrogen-bond donors (Lipinski definition) is 1. The van der Waals surface area contributed by atoms with Crippen molar-refractivity contribution in [3.05, 3.63) is 75.8 Å². The van der Waals surface area contributed by atoms with E-state index in [-0.39, 0.29) is 12.6 Å². The van der Waals surface area contributed by atoms with Crippen molar-refractivity contribution in [3.8, 4) is 22.4 Å². The summed E-state index contributed by atoms with van der Waals surface area (Å²) >= 11 is 12.5. The van der Waals surface area contributed by atoms with Crippen LogP contribution in [0.5, 0.6) is 0 Å². The smallest absolute Gasteiger partial charge is 0.274 e. The molecule has 1 atom stereocenters. The zero-order valence-corrected chi connectivity index (χ0v) is 20.1. The third kappa shape index (κ3) is 3.61. The topological polar surface area (TPSA) is 91.8 Å². The van der Waals surface area contributed by atoms with Crippen molar-refractivity contribution < 1.29 is 5.11 Å². The van der Waals surface area contributed by atoms with Gasteiger partial charge in [-0.1, -0.05) is 52.6 Å². The summed E-state index contributed by atoms with van der Waals surface area (Å²) in [5.41, 5.74) is 5.80. The van der Waals surface area contributed by atoms with Crippen LogP contribution in [0.2, 0.25) is 10.0 Å². The number of tetrazole rings is 1. The molecule has 1 unspecified atom stereocenters. The maximum atomic E-state index is 10.7. The van der Waals surface area contributed by atoms with Crippen LogP contribution in [0.1, 0.15) is 17.2 Å². The number of halogens is 2. The Morgan fingerprint density at radius 2 is 1.86 bits per heavy atom. The van der Waals surface area contributed by atoms with Crippen molar-refractivity contribution in [2.75, 3.05) is 13.6 Å². The number of fused-ring (bicyclic) bond motifs is 3. The van der Waals surface area contributed by atoms with Gasteiger partial charge >= 0.3 is 0 Å². The third-order valence-electron chi connectivity index (χ3n) is 6.36. The number of aliphatic imine (C=N–C) groups is 1. The average molecular weight is 504 g/mol. The van der Waals surface area contributed by atoms with E-state index in [4.69, 9.17) is 28.2 Å². The van der Waals surface area contributed by atoms with E-state index in [1.54, 1.807) is 4.52 Å². The van der Waals surface area contributed by atoms with Gasteiger partial charge in [0.1, 0.15) is 0 Å². The summed E-state index contributed by atoms with van der Waals surface area (Å²) in [4.78, 5) is 11.4. The van der Waals surface area contributed by atoms with E-state index in [1.165, 1.54) is 0 Å². The SMILES string of the molecule is CN1C=NCC1c1c(CO)c(-c2ccc(Cl)cc2)cc2c1c(-c1cccc(Cl)c1)nc1nnnn12. The lowest BCUT2D eigenvalue weighted by atomic mass is 9.87. The van der Waals surface area contributed by atoms with Gasteiger partial charge in [-0.15, -0.1) is 0 Å². The van der Waals surface area contributed by atoms with Crippen LogP contribution >= 0.6 is 23.2 Å². The highest BCUT2D eigenvalue weighted by Gasteiger charge is 2.29. The molecular weight excluding hydrogens is 485 g/mol. The Hall–Kier alpha value is -3.59. The second kappa shape index (κ2) is 8.57. The maximum Gasteiger partial charge on any atom is 0.274 e. The van der Waals surface area contributed by atoms with Crippen LogP contribution in [0.4, 0.5) is 0 Å². The maximum absolute atomic E-state index is 10.7. The van der Waals surface area contributed by atoms with Crippen molar-refractivity contribution in [1.29, 1.82) is 0 Å². The third-order valence-corrected chi connectivity index (χ3v) is 6.85. The summed E-state index contributed by atoms with van der Waals surface area (Å²) in [6.45, 7) is 0.376. The Labute approximate surface area is 210 Å². The molecule has 8 nitrogen and oxygen atoms in total. The number of benzene rings is 3. The van der Waals surface area contributed by atoms with E-state index in [9.17, 15) is 5.11 Å². The molecule has 0 amide bonds. The quantitative estimate of drug-likeness (QED) is 0.378. The summed E-state index contributed by atoms with van der Waals surface area (Å²) in [6.07, 6.45) is 1.81. The number of likely N-dealkylation sites (N-methyl/N-ethyl adjacent to an activating group) is 1. The molecule has 1 N–H and O–H groups in total. The average Bonchev–Trinajstić information content (AvgIpc) is 3.51. The largest absolute Gasteiger partial charge is 0.392 e. The van der Waals surface area contributed by atoms with Gasteiger partial charge in [-0.3, -0.25) is 4.99 Å². The number of rotatable bonds is 4. The van der Waals surface area contributed by atoms with Gasteiger partial charge in [-0.2, -0.15) is 4.52 Å². The standard InChI is InChI=1S/C25H19Cl2N7O/c1-33-13-28-11-21(33)22-19(12-35)18(14-5-7-16(26)8-6-14)10-20-23(22)24(15-3-2-4-17(27)9-15)29-25-30-31-32-34(20)25/h2-10,13,21,35H,11-12H2,1H3. The lowest BCUT2D eigenvalue weighted by Gasteiger charge is -2.26. The van der Waals surface area contributed by atoms with Gasteiger partial charge < -0.3 is 10.0 Å². The van der Waals surface area contributed by atoms with Crippen LogP contribution in [-0.4, -0.2) is 55.0 Å². The molecule has 1 aliphatic rings. The molecule has 10 heteroatoms. The van der Waals surface area contributed by atoms with Crippen LogP contribution in [0.25, 0.3) is 39.1 Å². The highest BCUT2D eigenvalue weighted by molar-refractivity contribution is 6.31. The van der Waals surface area contributed by atoms with Crippen molar-refractivity contribution in [2.24, 2.45) is 4.99 Å². The van der Waals surface area contributed by atoms with Gasteiger partial charge in [0.2, 0.25) is 0 Å². The minimum atomic E-state index is -0.170. The molecule has 0 saturated heterocycles. The first kappa shape index (κ1) is 21.9. The molecule has 1 aliphatic heterocycles. The van der Waals surface area contributed by atoms with E-state index in [2.05, 4.69) is 20.5 Å². The molecular formula is C25H19Cl2N7O. The molecule has 2 aromatic heterocycles. The van der Waals surface area contributed by atoms with Crippen LogP contribution in [0.3, 0.4) is 0 Å². The number of nitrogens with zero attached hydrogens (tertiary/aromatic N) is 7. The van der Waals surface area contributed by atoms with E-state index < -0.39 is 0 Å². The first-order chi connectivity index (χ1) is 17.0. The summed E-state index contributed by atoms with van der Waals surface area (Å²) in [6, 6.07) is 17.0. The summed E-state index contributed by atoms with van der Waals surface area (Å²) in [7, 11) is 1.98. The molecule has 0 aliphatic carbocycles. The first-order valence-corrected chi connectivity index (χ1v) is 11.7. The molecule has 0 fully saturated rings. The lowest BCUT2D eigenvalue weighted by molar-refractivity contribution is 0.278. The predicted molar refractivity (Wildman–Crippen MR) is 137 cm³/mol. The highest BCUT2D eigenvalue weighted by atomic mass is 35.5. The van der Waals surface area contributed by atoms with Gasteiger partial charge in [0.15, 0.2) is 0 Å². The first-order valence-electron chi connectivity index (χ1n) is 11.0. The molecule has 0 saturated carbocycles. The zero-order chi connectivity index (χ0) is 24.1. The van der Waals surface area contributed by atoms with Crippen LogP contribution in [-0.2, 0) is 6.61 Å². The normalized spacial score (nSPS) is 15.5. The second-order valence-electron chi connectivity index (χ2n) is 8.40. The molecule has 6 rings (SSSR count). The highest BCUT2D eigenvalue weighted by Crippen LogP contribution is 2.42. The number of hydrogen-bond acceptors (Lipinski definition) is 7. The van der Waals surface area contributed by atoms with Crippen molar-refractivity contribution in [2.45, 2.75) is 12.6 Å². The molecule has 0 spiro atoms. The van der Waals surface area contributed by atoms with Gasteiger partial charge in [0.05, 0.1) is 36.7 Å². The predicted octanol–water partition coefficient (Wildman–Crippen LogP) is 4.82. The van der Waals surface area contributed by atoms with Gasteiger partial charge in [0.25, 0.3) is 5.78 Å². The molecule has 3 heterocycles. The Balaban J connectivity index is 1.80. The minimum Gasteiger partial charge on any atom is -0.392 e. The van der Waals surface area contributed by atoms with E-state index in [1.807, 2.05) is 72.9 Å². The van der Waals surface area contributed by atoms with E-state index in [0.717, 1.165) is 38.7 Å². The van der Waals surface area contributed by atoms with Crippen molar-refractivity contribution in [1.82, 2.24) is 29.9 Å². The summed E-state index contributed by atoms with van der Waals surface area (Å²) < 4.78 is 1.63. The molecule has 174 valence electrons. The van der Waals surface area contributed by atoms with Gasteiger partial charge in [-0.25, -0.2) is 4.98 Å².